The first kappa shape index (κ1) is 10.3. The summed E-state index contributed by atoms with van der Waals surface area (Å²) in [5, 5.41) is 3.50. The molecule has 0 atom stereocenters. The van der Waals surface area contributed by atoms with Gasteiger partial charge in [0.15, 0.2) is 0 Å². The second-order valence-corrected chi connectivity index (χ2v) is 5.06. The minimum Gasteiger partial charge on any atom is -0.397 e. The van der Waals surface area contributed by atoms with Crippen molar-refractivity contribution in [2.75, 3.05) is 17.6 Å². The van der Waals surface area contributed by atoms with Gasteiger partial charge in [-0.25, -0.2) is 0 Å². The number of aryl methyl sites for hydroxylation is 1. The van der Waals surface area contributed by atoms with Crippen molar-refractivity contribution in [2.24, 2.45) is 5.41 Å². The molecule has 1 aromatic carbocycles. The molecule has 0 bridgehead atoms. The molecule has 1 saturated carbocycles. The first-order valence-electron chi connectivity index (χ1n) is 5.70. The Labute approximate surface area is 91.9 Å². The van der Waals surface area contributed by atoms with Crippen molar-refractivity contribution in [1.29, 1.82) is 0 Å². The summed E-state index contributed by atoms with van der Waals surface area (Å²) in [6, 6.07) is 6.06. The van der Waals surface area contributed by atoms with Crippen molar-refractivity contribution < 1.29 is 0 Å². The van der Waals surface area contributed by atoms with Crippen molar-refractivity contribution in [3.8, 4) is 0 Å². The molecular weight excluding hydrogens is 184 g/mol. The Balaban J connectivity index is 2.04. The zero-order valence-electron chi connectivity index (χ0n) is 9.64. The third kappa shape index (κ3) is 2.09. The van der Waals surface area contributed by atoms with Crippen LogP contribution in [0.25, 0.3) is 0 Å². The number of nitrogens with one attached hydrogen (secondary N) is 1. The Bertz CT molecular complexity index is 333. The number of nitrogens with two attached hydrogens (primary N) is 1. The molecule has 0 aliphatic heterocycles. The van der Waals surface area contributed by atoms with E-state index >= 15 is 0 Å². The van der Waals surface area contributed by atoms with Crippen LogP contribution in [0.2, 0.25) is 0 Å². The van der Waals surface area contributed by atoms with Gasteiger partial charge >= 0.3 is 0 Å². The summed E-state index contributed by atoms with van der Waals surface area (Å²) < 4.78 is 0. The second-order valence-electron chi connectivity index (χ2n) is 5.06. The van der Waals surface area contributed by atoms with Crippen LogP contribution in [0.1, 0.15) is 31.7 Å². The standard InChI is InChI=1S/C13H20N2/c1-10-5-3-6-11(14)12(10)15-9-13(2)7-4-8-13/h3,5-6,15H,4,7-9,14H2,1-2H3. The first-order valence-corrected chi connectivity index (χ1v) is 5.70. The summed E-state index contributed by atoms with van der Waals surface area (Å²) in [5.74, 6) is 0. The predicted molar refractivity (Wildman–Crippen MR) is 66.0 cm³/mol. The van der Waals surface area contributed by atoms with Gasteiger partial charge in [0.2, 0.25) is 0 Å². The average molecular weight is 204 g/mol. The van der Waals surface area contributed by atoms with Crippen LogP contribution >= 0.6 is 0 Å². The van der Waals surface area contributed by atoms with Crippen molar-refractivity contribution >= 4 is 11.4 Å². The second kappa shape index (κ2) is 3.76. The van der Waals surface area contributed by atoms with Gasteiger partial charge < -0.3 is 11.1 Å². The fraction of sp³-hybridized carbons (Fsp3) is 0.538. The summed E-state index contributed by atoms with van der Waals surface area (Å²) in [5.41, 5.74) is 9.65. The monoisotopic (exact) mass is 204 g/mol. The van der Waals surface area contributed by atoms with E-state index in [1.165, 1.54) is 24.8 Å². The lowest BCUT2D eigenvalue weighted by atomic mass is 9.70. The largest absolute Gasteiger partial charge is 0.397 e. The van der Waals surface area contributed by atoms with Crippen LogP contribution < -0.4 is 11.1 Å². The number of rotatable bonds is 3. The molecule has 1 aliphatic carbocycles. The van der Waals surface area contributed by atoms with Gasteiger partial charge in [-0.2, -0.15) is 0 Å². The molecule has 1 aliphatic rings. The lowest BCUT2D eigenvalue weighted by molar-refractivity contribution is 0.180. The van der Waals surface area contributed by atoms with E-state index in [9.17, 15) is 0 Å². The lowest BCUT2D eigenvalue weighted by Crippen LogP contribution is -2.33. The molecule has 0 heterocycles. The SMILES string of the molecule is Cc1cccc(N)c1NCC1(C)CCC1. The van der Waals surface area contributed by atoms with Crippen molar-refractivity contribution in [2.45, 2.75) is 33.1 Å². The molecule has 0 radical (unpaired) electrons. The Morgan fingerprint density at radius 2 is 2.13 bits per heavy atom. The highest BCUT2D eigenvalue weighted by Gasteiger charge is 2.31. The van der Waals surface area contributed by atoms with Gasteiger partial charge in [-0.05, 0) is 36.8 Å². The third-order valence-corrected chi connectivity index (χ3v) is 3.56. The van der Waals surface area contributed by atoms with E-state index in [4.69, 9.17) is 5.73 Å². The summed E-state index contributed by atoms with van der Waals surface area (Å²) in [6.45, 7) is 5.49. The zero-order chi connectivity index (χ0) is 10.9. The number of hydrogen-bond acceptors (Lipinski definition) is 2. The zero-order valence-corrected chi connectivity index (χ0v) is 9.64. The molecule has 0 aromatic heterocycles. The summed E-state index contributed by atoms with van der Waals surface area (Å²) in [4.78, 5) is 0. The maximum absolute atomic E-state index is 5.95. The van der Waals surface area contributed by atoms with Gasteiger partial charge in [-0.15, -0.1) is 0 Å². The Hall–Kier alpha value is -1.18. The highest BCUT2D eigenvalue weighted by atomic mass is 14.9. The maximum Gasteiger partial charge on any atom is 0.0603 e. The summed E-state index contributed by atoms with van der Waals surface area (Å²) >= 11 is 0. The molecule has 0 unspecified atom stereocenters. The Kier molecular flexibility index (Phi) is 2.59. The van der Waals surface area contributed by atoms with Crippen molar-refractivity contribution in [3.63, 3.8) is 0 Å². The van der Waals surface area contributed by atoms with Crippen LogP contribution in [0.15, 0.2) is 18.2 Å². The van der Waals surface area contributed by atoms with E-state index in [1.54, 1.807) is 0 Å². The molecule has 0 amide bonds. The molecule has 2 heteroatoms. The maximum atomic E-state index is 5.95. The van der Waals surface area contributed by atoms with E-state index in [0.717, 1.165) is 17.9 Å². The topological polar surface area (TPSA) is 38.0 Å². The van der Waals surface area contributed by atoms with Gasteiger partial charge in [0, 0.05) is 6.54 Å². The average Bonchev–Trinajstić information content (AvgIpc) is 2.14. The molecule has 15 heavy (non-hydrogen) atoms. The van der Waals surface area contributed by atoms with Gasteiger partial charge in [0.05, 0.1) is 11.4 Å². The van der Waals surface area contributed by atoms with Crippen molar-refractivity contribution in [3.05, 3.63) is 23.8 Å². The van der Waals surface area contributed by atoms with E-state index < -0.39 is 0 Å². The number of para-hydroxylation sites is 1. The number of nitrogen functional groups attached to an aromatic ring is 1. The summed E-state index contributed by atoms with van der Waals surface area (Å²) in [6.07, 6.45) is 4.05. The minimum absolute atomic E-state index is 0.495. The normalized spacial score (nSPS) is 18.3. The van der Waals surface area contributed by atoms with Crippen LogP contribution in [-0.2, 0) is 0 Å². The van der Waals surface area contributed by atoms with E-state index in [0.29, 0.717) is 5.41 Å². The lowest BCUT2D eigenvalue weighted by Gasteiger charge is -2.39. The third-order valence-electron chi connectivity index (χ3n) is 3.56. The number of hydrogen-bond donors (Lipinski definition) is 2. The van der Waals surface area contributed by atoms with E-state index in [2.05, 4.69) is 25.2 Å². The Morgan fingerprint density at radius 1 is 1.40 bits per heavy atom. The van der Waals surface area contributed by atoms with E-state index in [1.807, 2.05) is 12.1 Å². The van der Waals surface area contributed by atoms with Gasteiger partial charge in [-0.1, -0.05) is 25.5 Å². The molecular formula is C13H20N2. The molecule has 1 aromatic rings. The minimum atomic E-state index is 0.495. The molecule has 1 fully saturated rings. The van der Waals surface area contributed by atoms with E-state index in [-0.39, 0.29) is 0 Å². The predicted octanol–water partition coefficient (Wildman–Crippen LogP) is 3.18. The number of benzene rings is 1. The molecule has 0 spiro atoms. The van der Waals surface area contributed by atoms with Crippen LogP contribution in [0.5, 0.6) is 0 Å². The van der Waals surface area contributed by atoms with Gasteiger partial charge in [0.25, 0.3) is 0 Å². The fourth-order valence-corrected chi connectivity index (χ4v) is 2.19. The van der Waals surface area contributed by atoms with Crippen LogP contribution in [0.4, 0.5) is 11.4 Å². The molecule has 2 rings (SSSR count). The fourth-order valence-electron chi connectivity index (χ4n) is 2.19. The molecule has 3 N–H and O–H groups in total. The number of anilines is 2. The van der Waals surface area contributed by atoms with Crippen LogP contribution in [-0.4, -0.2) is 6.54 Å². The van der Waals surface area contributed by atoms with Crippen LogP contribution in [0.3, 0.4) is 0 Å². The highest BCUT2D eigenvalue weighted by molar-refractivity contribution is 5.69. The van der Waals surface area contributed by atoms with Crippen LogP contribution in [0, 0.1) is 12.3 Å². The summed E-state index contributed by atoms with van der Waals surface area (Å²) in [7, 11) is 0. The van der Waals surface area contributed by atoms with Gasteiger partial charge in [0.1, 0.15) is 0 Å². The van der Waals surface area contributed by atoms with Gasteiger partial charge in [-0.3, -0.25) is 0 Å². The smallest absolute Gasteiger partial charge is 0.0603 e. The highest BCUT2D eigenvalue weighted by Crippen LogP contribution is 2.40. The first-order chi connectivity index (χ1) is 7.11. The van der Waals surface area contributed by atoms with Crippen molar-refractivity contribution in [1.82, 2.24) is 0 Å². The molecule has 2 nitrogen and oxygen atoms in total. The molecule has 0 saturated heterocycles. The quantitative estimate of drug-likeness (QED) is 0.742. The Morgan fingerprint density at radius 3 is 2.67 bits per heavy atom. The molecule has 82 valence electrons.